The Labute approximate surface area is 121 Å². The molecule has 8 heteroatoms. The highest BCUT2D eigenvalue weighted by Crippen LogP contribution is 2.19. The van der Waals surface area contributed by atoms with Crippen LogP contribution in [0.3, 0.4) is 0 Å². The Morgan fingerprint density at radius 2 is 2.19 bits per heavy atom. The summed E-state index contributed by atoms with van der Waals surface area (Å²) < 4.78 is 37.1. The van der Waals surface area contributed by atoms with Gasteiger partial charge in [-0.05, 0) is 37.5 Å². The van der Waals surface area contributed by atoms with E-state index in [2.05, 4.69) is 9.71 Å². The summed E-state index contributed by atoms with van der Waals surface area (Å²) in [5.74, 6) is -0.631. The van der Waals surface area contributed by atoms with Crippen LogP contribution in [0.15, 0.2) is 27.4 Å². The second-order valence-electron chi connectivity index (χ2n) is 5.10. The molecular weight excluding hydrogens is 296 g/mol. The average molecular weight is 312 g/mol. The van der Waals surface area contributed by atoms with Gasteiger partial charge in [0.1, 0.15) is 0 Å². The van der Waals surface area contributed by atoms with Gasteiger partial charge in [0, 0.05) is 6.61 Å². The van der Waals surface area contributed by atoms with Crippen molar-refractivity contribution in [2.24, 2.45) is 0 Å². The molecule has 0 aliphatic carbocycles. The number of ether oxygens (including phenoxy) is 1. The minimum Gasteiger partial charge on any atom is -0.408 e. The molecule has 21 heavy (non-hydrogen) atoms. The molecule has 1 fully saturated rings. The van der Waals surface area contributed by atoms with E-state index in [1.807, 2.05) is 0 Å². The quantitative estimate of drug-likeness (QED) is 0.889. The van der Waals surface area contributed by atoms with Crippen molar-refractivity contribution in [2.75, 3.05) is 17.1 Å². The Kier molecular flexibility index (Phi) is 3.73. The number of H-pyrrole nitrogens is 1. The lowest BCUT2D eigenvalue weighted by atomic mass is 10.1. The molecule has 1 aromatic carbocycles. The number of nitrogens with one attached hydrogen (secondary N) is 2. The third-order valence-electron chi connectivity index (χ3n) is 3.37. The molecule has 0 bridgehead atoms. The summed E-state index contributed by atoms with van der Waals surface area (Å²) in [6.07, 6.45) is 2.47. The predicted octanol–water partition coefficient (Wildman–Crippen LogP) is 1.43. The van der Waals surface area contributed by atoms with Crippen LogP contribution in [0.2, 0.25) is 0 Å². The predicted molar refractivity (Wildman–Crippen MR) is 77.8 cm³/mol. The van der Waals surface area contributed by atoms with E-state index >= 15 is 0 Å². The molecule has 3 rings (SSSR count). The number of hydrogen-bond donors (Lipinski definition) is 2. The van der Waals surface area contributed by atoms with Crippen LogP contribution in [-0.2, 0) is 14.8 Å². The van der Waals surface area contributed by atoms with Crippen LogP contribution in [0.5, 0.6) is 0 Å². The Morgan fingerprint density at radius 3 is 2.95 bits per heavy atom. The van der Waals surface area contributed by atoms with E-state index in [0.29, 0.717) is 23.4 Å². The van der Waals surface area contributed by atoms with Crippen molar-refractivity contribution >= 4 is 26.8 Å². The summed E-state index contributed by atoms with van der Waals surface area (Å²) in [4.78, 5) is 13.6. The highest BCUT2D eigenvalue weighted by molar-refractivity contribution is 7.92. The van der Waals surface area contributed by atoms with Gasteiger partial charge in [-0.2, -0.15) is 0 Å². The third kappa shape index (κ3) is 3.45. The standard InChI is InChI=1S/C13H16N2O5S/c16-13-14-11-7-9(4-5-12(11)20-13)15-21(17,18)8-10-3-1-2-6-19-10/h4-5,7,10,15H,1-3,6,8H2,(H,14,16). The summed E-state index contributed by atoms with van der Waals surface area (Å²) in [6, 6.07) is 4.63. The van der Waals surface area contributed by atoms with Gasteiger partial charge < -0.3 is 9.15 Å². The molecule has 2 aromatic rings. The van der Waals surface area contributed by atoms with Gasteiger partial charge in [-0.1, -0.05) is 0 Å². The molecule has 2 heterocycles. The van der Waals surface area contributed by atoms with Gasteiger partial charge >= 0.3 is 5.76 Å². The first-order valence-electron chi connectivity index (χ1n) is 6.77. The van der Waals surface area contributed by atoms with Gasteiger partial charge in [-0.25, -0.2) is 13.2 Å². The number of anilines is 1. The largest absolute Gasteiger partial charge is 0.417 e. The van der Waals surface area contributed by atoms with E-state index in [9.17, 15) is 13.2 Å². The maximum Gasteiger partial charge on any atom is 0.417 e. The lowest BCUT2D eigenvalue weighted by Gasteiger charge is -2.22. The van der Waals surface area contributed by atoms with Gasteiger partial charge in [0.25, 0.3) is 0 Å². The molecule has 2 N–H and O–H groups in total. The minimum atomic E-state index is -3.49. The summed E-state index contributed by atoms with van der Waals surface area (Å²) in [5.41, 5.74) is 1.23. The van der Waals surface area contributed by atoms with Crippen molar-refractivity contribution in [1.29, 1.82) is 0 Å². The number of aromatic amines is 1. The van der Waals surface area contributed by atoms with Crippen LogP contribution >= 0.6 is 0 Å². The highest BCUT2D eigenvalue weighted by atomic mass is 32.2. The maximum atomic E-state index is 12.1. The topological polar surface area (TPSA) is 101 Å². The molecule has 1 saturated heterocycles. The van der Waals surface area contributed by atoms with E-state index in [1.54, 1.807) is 12.1 Å². The summed E-state index contributed by atoms with van der Waals surface area (Å²) in [7, 11) is -3.49. The maximum absolute atomic E-state index is 12.1. The van der Waals surface area contributed by atoms with Crippen molar-refractivity contribution in [3.63, 3.8) is 0 Å². The van der Waals surface area contributed by atoms with E-state index in [0.717, 1.165) is 19.3 Å². The van der Waals surface area contributed by atoms with E-state index in [1.165, 1.54) is 6.07 Å². The fourth-order valence-corrected chi connectivity index (χ4v) is 3.74. The molecule has 1 aromatic heterocycles. The number of fused-ring (bicyclic) bond motifs is 1. The fourth-order valence-electron chi connectivity index (χ4n) is 2.42. The SMILES string of the molecule is O=c1[nH]c2cc(NS(=O)(=O)CC3CCCCO3)ccc2o1. The van der Waals surface area contributed by atoms with Crippen molar-refractivity contribution in [3.8, 4) is 0 Å². The summed E-state index contributed by atoms with van der Waals surface area (Å²) >= 11 is 0. The van der Waals surface area contributed by atoms with Crippen molar-refractivity contribution in [2.45, 2.75) is 25.4 Å². The number of benzene rings is 1. The number of hydrogen-bond acceptors (Lipinski definition) is 5. The van der Waals surface area contributed by atoms with Gasteiger partial charge in [0.05, 0.1) is 23.1 Å². The van der Waals surface area contributed by atoms with Gasteiger partial charge in [-0.3, -0.25) is 9.71 Å². The monoisotopic (exact) mass is 312 g/mol. The zero-order valence-electron chi connectivity index (χ0n) is 11.3. The minimum absolute atomic E-state index is 0.0626. The smallest absolute Gasteiger partial charge is 0.408 e. The summed E-state index contributed by atoms with van der Waals surface area (Å²) in [5, 5.41) is 0. The van der Waals surface area contributed by atoms with E-state index in [4.69, 9.17) is 9.15 Å². The highest BCUT2D eigenvalue weighted by Gasteiger charge is 2.22. The normalized spacial score (nSPS) is 19.7. The lowest BCUT2D eigenvalue weighted by molar-refractivity contribution is 0.0306. The number of oxazole rings is 1. The number of rotatable bonds is 4. The van der Waals surface area contributed by atoms with Crippen LogP contribution in [0.25, 0.3) is 11.1 Å². The molecule has 1 aliphatic heterocycles. The second kappa shape index (κ2) is 5.53. The summed E-state index contributed by atoms with van der Waals surface area (Å²) in [6.45, 7) is 0.613. The Morgan fingerprint density at radius 1 is 1.33 bits per heavy atom. The molecule has 1 unspecified atom stereocenters. The Hall–Kier alpha value is -1.80. The zero-order chi connectivity index (χ0) is 14.9. The van der Waals surface area contributed by atoms with Crippen LogP contribution in [-0.4, -0.2) is 31.9 Å². The van der Waals surface area contributed by atoms with E-state index in [-0.39, 0.29) is 11.9 Å². The van der Waals surface area contributed by atoms with Gasteiger partial charge in [-0.15, -0.1) is 0 Å². The Bertz CT molecular complexity index is 786. The molecule has 1 atom stereocenters. The molecule has 1 aliphatic rings. The molecule has 7 nitrogen and oxygen atoms in total. The van der Waals surface area contributed by atoms with Crippen molar-refractivity contribution in [1.82, 2.24) is 4.98 Å². The first-order valence-corrected chi connectivity index (χ1v) is 8.42. The fraction of sp³-hybridized carbons (Fsp3) is 0.462. The van der Waals surface area contributed by atoms with E-state index < -0.39 is 15.8 Å². The average Bonchev–Trinajstić information content (AvgIpc) is 2.78. The second-order valence-corrected chi connectivity index (χ2v) is 6.86. The number of aromatic nitrogens is 1. The van der Waals surface area contributed by atoms with Gasteiger partial charge in [0.2, 0.25) is 10.0 Å². The van der Waals surface area contributed by atoms with Crippen LogP contribution in [0, 0.1) is 0 Å². The molecule has 114 valence electrons. The van der Waals surface area contributed by atoms with Gasteiger partial charge in [0.15, 0.2) is 5.58 Å². The Balaban J connectivity index is 1.74. The molecule has 0 spiro atoms. The molecule has 0 amide bonds. The first kappa shape index (κ1) is 14.2. The first-order chi connectivity index (χ1) is 10.0. The van der Waals surface area contributed by atoms with Crippen LogP contribution in [0.1, 0.15) is 19.3 Å². The zero-order valence-corrected chi connectivity index (χ0v) is 12.1. The molecule has 0 saturated carbocycles. The van der Waals surface area contributed by atoms with Crippen molar-refractivity contribution < 1.29 is 17.6 Å². The van der Waals surface area contributed by atoms with Crippen molar-refractivity contribution in [3.05, 3.63) is 28.7 Å². The number of sulfonamides is 1. The lowest BCUT2D eigenvalue weighted by Crippen LogP contribution is -2.30. The molecule has 0 radical (unpaired) electrons. The molecular formula is C13H16N2O5S. The van der Waals surface area contributed by atoms with Crippen LogP contribution < -0.4 is 10.5 Å². The van der Waals surface area contributed by atoms with Crippen LogP contribution in [0.4, 0.5) is 5.69 Å². The third-order valence-corrected chi connectivity index (χ3v) is 4.73.